The molecular formula is C18H17ClN2O2S. The molecule has 0 amide bonds. The molecule has 0 fully saturated rings. The number of aromatic nitrogens is 1. The number of benzene rings is 2. The Kier molecular flexibility index (Phi) is 3.67. The Labute approximate surface area is 146 Å². The number of aryl methyl sites for hydroxylation is 1. The topological polar surface area (TPSA) is 53.2 Å². The van der Waals surface area contributed by atoms with E-state index < -0.39 is 10.0 Å². The average Bonchev–Trinajstić information content (AvgIpc) is 2.91. The number of H-pyrrole nitrogens is 1. The molecule has 1 aliphatic heterocycles. The summed E-state index contributed by atoms with van der Waals surface area (Å²) in [5, 5.41) is 1.71. The molecule has 1 aliphatic rings. The first-order chi connectivity index (χ1) is 11.5. The van der Waals surface area contributed by atoms with Crippen molar-refractivity contribution in [2.75, 3.05) is 6.54 Å². The molecule has 0 radical (unpaired) electrons. The van der Waals surface area contributed by atoms with Crippen molar-refractivity contribution in [3.63, 3.8) is 0 Å². The van der Waals surface area contributed by atoms with Gasteiger partial charge in [0.2, 0.25) is 10.0 Å². The number of nitrogens with zero attached hydrogens (tertiary/aromatic N) is 1. The van der Waals surface area contributed by atoms with Crippen LogP contribution in [0.4, 0.5) is 0 Å². The van der Waals surface area contributed by atoms with E-state index in [0.29, 0.717) is 29.4 Å². The highest BCUT2D eigenvalue weighted by Gasteiger charge is 2.31. The fourth-order valence-corrected chi connectivity index (χ4v) is 5.17. The summed E-state index contributed by atoms with van der Waals surface area (Å²) in [7, 11) is -3.50. The van der Waals surface area contributed by atoms with Gasteiger partial charge >= 0.3 is 0 Å². The minimum Gasteiger partial charge on any atom is -0.358 e. The van der Waals surface area contributed by atoms with Crippen LogP contribution in [0, 0.1) is 6.92 Å². The van der Waals surface area contributed by atoms with Gasteiger partial charge in [0.25, 0.3) is 0 Å². The lowest BCUT2D eigenvalue weighted by Gasteiger charge is -2.27. The summed E-state index contributed by atoms with van der Waals surface area (Å²) in [4.78, 5) is 3.76. The number of hydrogen-bond donors (Lipinski definition) is 1. The van der Waals surface area contributed by atoms with Gasteiger partial charge in [0.05, 0.1) is 4.90 Å². The molecule has 0 saturated heterocycles. The van der Waals surface area contributed by atoms with Crippen molar-refractivity contribution in [2.24, 2.45) is 0 Å². The van der Waals surface area contributed by atoms with Crippen LogP contribution >= 0.6 is 11.6 Å². The van der Waals surface area contributed by atoms with Gasteiger partial charge in [0.15, 0.2) is 0 Å². The first kappa shape index (κ1) is 15.7. The summed E-state index contributed by atoms with van der Waals surface area (Å²) < 4.78 is 27.6. The number of fused-ring (bicyclic) bond motifs is 3. The zero-order chi connectivity index (χ0) is 16.9. The second-order valence-electron chi connectivity index (χ2n) is 6.13. The van der Waals surface area contributed by atoms with Crippen LogP contribution in [0.3, 0.4) is 0 Å². The maximum absolute atomic E-state index is 13.0. The van der Waals surface area contributed by atoms with Gasteiger partial charge in [-0.1, -0.05) is 35.9 Å². The van der Waals surface area contributed by atoms with Crippen molar-refractivity contribution in [3.8, 4) is 0 Å². The van der Waals surface area contributed by atoms with E-state index >= 15 is 0 Å². The molecule has 0 bridgehead atoms. The Hall–Kier alpha value is -1.82. The minimum absolute atomic E-state index is 0.383. The average molecular weight is 361 g/mol. The zero-order valence-electron chi connectivity index (χ0n) is 13.2. The quantitative estimate of drug-likeness (QED) is 0.754. The predicted octanol–water partition coefficient (Wildman–Crippen LogP) is 3.88. The molecular weight excluding hydrogens is 344 g/mol. The van der Waals surface area contributed by atoms with Crippen molar-refractivity contribution in [2.45, 2.75) is 24.8 Å². The van der Waals surface area contributed by atoms with E-state index in [1.165, 1.54) is 0 Å². The van der Waals surface area contributed by atoms with E-state index in [9.17, 15) is 8.42 Å². The third-order valence-electron chi connectivity index (χ3n) is 4.61. The first-order valence-electron chi connectivity index (χ1n) is 7.81. The van der Waals surface area contributed by atoms with Crippen LogP contribution < -0.4 is 0 Å². The van der Waals surface area contributed by atoms with Crippen molar-refractivity contribution < 1.29 is 8.42 Å². The van der Waals surface area contributed by atoms with E-state index in [0.717, 1.165) is 27.7 Å². The van der Waals surface area contributed by atoms with Crippen molar-refractivity contribution in [1.29, 1.82) is 0 Å². The number of hydrogen-bond acceptors (Lipinski definition) is 2. The third-order valence-corrected chi connectivity index (χ3v) is 6.85. The molecule has 124 valence electrons. The van der Waals surface area contributed by atoms with Gasteiger partial charge in [-0.15, -0.1) is 0 Å². The van der Waals surface area contributed by atoms with Gasteiger partial charge in [-0.2, -0.15) is 4.31 Å². The van der Waals surface area contributed by atoms with Crippen LogP contribution in [0.2, 0.25) is 5.02 Å². The number of halogens is 1. The van der Waals surface area contributed by atoms with Crippen LogP contribution in [0.25, 0.3) is 10.9 Å². The maximum Gasteiger partial charge on any atom is 0.243 e. The summed E-state index contributed by atoms with van der Waals surface area (Å²) in [5.74, 6) is 0. The minimum atomic E-state index is -3.50. The number of aromatic amines is 1. The zero-order valence-corrected chi connectivity index (χ0v) is 14.8. The lowest BCUT2D eigenvalue weighted by Crippen LogP contribution is -2.36. The highest BCUT2D eigenvalue weighted by molar-refractivity contribution is 7.89. The number of nitrogens with one attached hydrogen (secondary N) is 1. The monoisotopic (exact) mass is 360 g/mol. The lowest BCUT2D eigenvalue weighted by molar-refractivity contribution is 0.391. The van der Waals surface area contributed by atoms with Gasteiger partial charge < -0.3 is 4.98 Å². The third kappa shape index (κ3) is 2.44. The molecule has 3 aromatic rings. The van der Waals surface area contributed by atoms with E-state index in [-0.39, 0.29) is 0 Å². The molecule has 0 saturated carbocycles. The molecule has 1 N–H and O–H groups in total. The van der Waals surface area contributed by atoms with Crippen molar-refractivity contribution >= 4 is 32.5 Å². The van der Waals surface area contributed by atoms with Crippen LogP contribution in [0.5, 0.6) is 0 Å². The summed E-state index contributed by atoms with van der Waals surface area (Å²) in [6.07, 6.45) is 0.673. The van der Waals surface area contributed by atoms with Gasteiger partial charge in [0, 0.05) is 41.1 Å². The molecule has 2 aromatic carbocycles. The lowest BCUT2D eigenvalue weighted by atomic mass is 10.1. The summed E-state index contributed by atoms with van der Waals surface area (Å²) in [6.45, 7) is 2.69. The van der Waals surface area contributed by atoms with Crippen LogP contribution in [-0.2, 0) is 23.0 Å². The molecule has 0 atom stereocenters. The Morgan fingerprint density at radius 2 is 1.96 bits per heavy atom. The Balaban J connectivity index is 1.76. The Bertz CT molecular complexity index is 1040. The fourth-order valence-electron chi connectivity index (χ4n) is 3.36. The highest BCUT2D eigenvalue weighted by atomic mass is 35.5. The molecule has 0 spiro atoms. The van der Waals surface area contributed by atoms with Gasteiger partial charge in [-0.05, 0) is 36.2 Å². The molecule has 1 aromatic heterocycles. The highest BCUT2D eigenvalue weighted by Crippen LogP contribution is 2.32. The fraction of sp³-hybridized carbons (Fsp3) is 0.222. The second-order valence-corrected chi connectivity index (χ2v) is 8.47. The molecule has 4 rings (SSSR count). The second kappa shape index (κ2) is 5.62. The first-order valence-corrected chi connectivity index (χ1v) is 9.63. The van der Waals surface area contributed by atoms with Gasteiger partial charge in [-0.25, -0.2) is 8.42 Å². The molecule has 0 unspecified atom stereocenters. The standard InChI is InChI=1S/C18H17ClN2O2S/c1-12-4-2-3-5-18(12)24(22,23)21-9-8-16-15(11-21)14-7-6-13(19)10-17(14)20-16/h2-7,10,20H,8-9,11H2,1H3. The molecule has 6 heteroatoms. The van der Waals surface area contributed by atoms with E-state index in [1.54, 1.807) is 16.4 Å². The Morgan fingerprint density at radius 1 is 1.17 bits per heavy atom. The predicted molar refractivity (Wildman–Crippen MR) is 95.8 cm³/mol. The smallest absolute Gasteiger partial charge is 0.243 e. The van der Waals surface area contributed by atoms with Crippen molar-refractivity contribution in [1.82, 2.24) is 9.29 Å². The molecule has 24 heavy (non-hydrogen) atoms. The summed E-state index contributed by atoms with van der Waals surface area (Å²) >= 11 is 6.05. The SMILES string of the molecule is Cc1ccccc1S(=O)(=O)N1CCc2[nH]c3cc(Cl)ccc3c2C1. The normalized spacial score (nSPS) is 15.6. The van der Waals surface area contributed by atoms with Gasteiger partial charge in [0.1, 0.15) is 0 Å². The van der Waals surface area contributed by atoms with Crippen LogP contribution in [0.15, 0.2) is 47.4 Å². The number of sulfonamides is 1. The van der Waals surface area contributed by atoms with Crippen LogP contribution in [-0.4, -0.2) is 24.3 Å². The van der Waals surface area contributed by atoms with E-state index in [1.807, 2.05) is 37.3 Å². The summed E-state index contributed by atoms with van der Waals surface area (Å²) in [5.41, 5.74) is 3.88. The van der Waals surface area contributed by atoms with Crippen LogP contribution in [0.1, 0.15) is 16.8 Å². The largest absolute Gasteiger partial charge is 0.358 e. The molecule has 0 aliphatic carbocycles. The summed E-state index contributed by atoms with van der Waals surface area (Å²) in [6, 6.07) is 12.8. The maximum atomic E-state index is 13.0. The van der Waals surface area contributed by atoms with Gasteiger partial charge in [-0.3, -0.25) is 0 Å². The van der Waals surface area contributed by atoms with E-state index in [4.69, 9.17) is 11.6 Å². The van der Waals surface area contributed by atoms with Crippen molar-refractivity contribution in [3.05, 3.63) is 64.3 Å². The Morgan fingerprint density at radius 3 is 2.75 bits per heavy atom. The molecule has 2 heterocycles. The number of rotatable bonds is 2. The molecule has 4 nitrogen and oxygen atoms in total. The van der Waals surface area contributed by atoms with E-state index in [2.05, 4.69) is 4.98 Å².